The number of aryl methyl sites for hydroxylation is 1. The van der Waals surface area contributed by atoms with Crippen LogP contribution in [-0.2, 0) is 0 Å². The van der Waals surface area contributed by atoms with Crippen LogP contribution in [0.3, 0.4) is 0 Å². The van der Waals surface area contributed by atoms with Gasteiger partial charge >= 0.3 is 0 Å². The van der Waals surface area contributed by atoms with Gasteiger partial charge in [0.15, 0.2) is 0 Å². The van der Waals surface area contributed by atoms with E-state index in [1.54, 1.807) is 0 Å². The normalized spacial score (nSPS) is 23.5. The Hall–Kier alpha value is -0.480. The summed E-state index contributed by atoms with van der Waals surface area (Å²) in [5, 5.41) is 3.52. The first kappa shape index (κ1) is 22.8. The third kappa shape index (κ3) is 5.76. The molecule has 3 nitrogen and oxygen atoms in total. The Labute approximate surface area is 178 Å². The summed E-state index contributed by atoms with van der Waals surface area (Å²) in [5.41, 5.74) is 2.79. The molecule has 1 aromatic rings. The molecule has 154 valence electrons. The Balaban J connectivity index is 0.00000131. The quantitative estimate of drug-likeness (QED) is 0.785. The number of hydrogen-bond acceptors (Lipinski definition) is 3. The number of nitrogens with one attached hydrogen (secondary N) is 1. The molecule has 0 aromatic heterocycles. The van der Waals surface area contributed by atoms with Gasteiger partial charge in [0.1, 0.15) is 0 Å². The number of benzene rings is 1. The predicted molar refractivity (Wildman–Crippen MR) is 121 cm³/mol. The number of nitrogens with zero attached hydrogens (tertiary/aromatic N) is 2. The summed E-state index contributed by atoms with van der Waals surface area (Å²) in [6.45, 7) is 9.85. The lowest BCUT2D eigenvalue weighted by atomic mass is 9.79. The van der Waals surface area contributed by atoms with Crippen molar-refractivity contribution < 1.29 is 0 Å². The van der Waals surface area contributed by atoms with Crippen molar-refractivity contribution in [3.8, 4) is 0 Å². The van der Waals surface area contributed by atoms with Crippen molar-refractivity contribution in [1.82, 2.24) is 10.2 Å². The fraction of sp³-hybridized carbons (Fsp3) is 0.727. The molecule has 3 aliphatic rings. The average molecular weight is 414 g/mol. The van der Waals surface area contributed by atoms with Crippen LogP contribution in [0.15, 0.2) is 24.3 Å². The van der Waals surface area contributed by atoms with Gasteiger partial charge in [0, 0.05) is 24.8 Å². The minimum Gasteiger partial charge on any atom is -0.371 e. The van der Waals surface area contributed by atoms with E-state index in [1.807, 2.05) is 0 Å². The third-order valence-corrected chi connectivity index (χ3v) is 6.97. The van der Waals surface area contributed by atoms with Crippen molar-refractivity contribution in [2.24, 2.45) is 11.8 Å². The van der Waals surface area contributed by atoms with Crippen LogP contribution in [0.4, 0.5) is 5.69 Å². The maximum absolute atomic E-state index is 3.52. The number of anilines is 1. The van der Waals surface area contributed by atoms with Gasteiger partial charge < -0.3 is 15.1 Å². The maximum atomic E-state index is 3.52. The molecule has 3 heterocycles. The summed E-state index contributed by atoms with van der Waals surface area (Å²) in [4.78, 5) is 5.41. The first-order valence-corrected chi connectivity index (χ1v) is 10.6. The maximum Gasteiger partial charge on any atom is 0.0368 e. The highest BCUT2D eigenvalue weighted by Crippen LogP contribution is 2.33. The summed E-state index contributed by atoms with van der Waals surface area (Å²) < 4.78 is 0. The van der Waals surface area contributed by atoms with Gasteiger partial charge in [-0.1, -0.05) is 12.1 Å². The smallest absolute Gasteiger partial charge is 0.0368 e. The predicted octanol–water partition coefficient (Wildman–Crippen LogP) is 4.52. The number of hydrogen-bond donors (Lipinski definition) is 1. The highest BCUT2D eigenvalue weighted by molar-refractivity contribution is 5.85. The largest absolute Gasteiger partial charge is 0.371 e. The molecule has 0 unspecified atom stereocenters. The Morgan fingerprint density at radius 3 is 2.07 bits per heavy atom. The molecule has 0 atom stereocenters. The molecule has 3 aliphatic heterocycles. The van der Waals surface area contributed by atoms with Crippen LogP contribution in [-0.4, -0.2) is 50.2 Å². The van der Waals surface area contributed by atoms with Crippen LogP contribution >= 0.6 is 24.8 Å². The SMILES string of the molecule is Cc1cccc(N2CCC(N3CCC(C4CCNCC4)CC3)CC2)c1.Cl.Cl. The molecule has 0 bridgehead atoms. The molecule has 27 heavy (non-hydrogen) atoms. The zero-order chi connectivity index (χ0) is 17.1. The average Bonchev–Trinajstić information content (AvgIpc) is 2.69. The van der Waals surface area contributed by atoms with Gasteiger partial charge in [0.25, 0.3) is 0 Å². The summed E-state index contributed by atoms with van der Waals surface area (Å²) in [6, 6.07) is 9.84. The molecular formula is C22H37Cl2N3. The minimum absolute atomic E-state index is 0. The van der Waals surface area contributed by atoms with E-state index in [2.05, 4.69) is 46.3 Å². The van der Waals surface area contributed by atoms with Gasteiger partial charge in [-0.05, 0) is 101 Å². The molecule has 5 heteroatoms. The lowest BCUT2D eigenvalue weighted by Gasteiger charge is -2.44. The van der Waals surface area contributed by atoms with Crippen LogP contribution in [0, 0.1) is 18.8 Å². The summed E-state index contributed by atoms with van der Waals surface area (Å²) >= 11 is 0. The Morgan fingerprint density at radius 2 is 1.44 bits per heavy atom. The fourth-order valence-electron chi connectivity index (χ4n) is 5.39. The van der Waals surface area contributed by atoms with Crippen molar-refractivity contribution in [1.29, 1.82) is 0 Å². The monoisotopic (exact) mass is 413 g/mol. The van der Waals surface area contributed by atoms with Crippen LogP contribution in [0.1, 0.15) is 44.1 Å². The molecular weight excluding hydrogens is 377 g/mol. The van der Waals surface area contributed by atoms with E-state index in [9.17, 15) is 0 Å². The Kier molecular flexibility index (Phi) is 9.21. The lowest BCUT2D eigenvalue weighted by molar-refractivity contribution is 0.0862. The molecule has 0 aliphatic carbocycles. The lowest BCUT2D eigenvalue weighted by Crippen LogP contribution is -2.48. The first-order valence-electron chi connectivity index (χ1n) is 10.6. The highest BCUT2D eigenvalue weighted by atomic mass is 35.5. The van der Waals surface area contributed by atoms with Crippen molar-refractivity contribution >= 4 is 30.5 Å². The Bertz CT molecular complexity index is 546. The number of piperidine rings is 3. The summed E-state index contributed by atoms with van der Waals surface area (Å²) in [5.74, 6) is 2.01. The molecule has 3 fully saturated rings. The molecule has 0 spiro atoms. The number of likely N-dealkylation sites (tertiary alicyclic amines) is 1. The molecule has 1 aromatic carbocycles. The van der Waals surface area contributed by atoms with Gasteiger partial charge in [-0.3, -0.25) is 0 Å². The molecule has 0 amide bonds. The van der Waals surface area contributed by atoms with Gasteiger partial charge in [-0.2, -0.15) is 0 Å². The number of rotatable bonds is 3. The third-order valence-electron chi connectivity index (χ3n) is 6.97. The van der Waals surface area contributed by atoms with E-state index in [1.165, 1.54) is 89.0 Å². The van der Waals surface area contributed by atoms with Crippen molar-refractivity contribution in [2.75, 3.05) is 44.2 Å². The fourth-order valence-corrected chi connectivity index (χ4v) is 5.39. The van der Waals surface area contributed by atoms with E-state index in [0.29, 0.717) is 0 Å². The molecule has 4 rings (SSSR count). The van der Waals surface area contributed by atoms with Gasteiger partial charge in [0.2, 0.25) is 0 Å². The van der Waals surface area contributed by atoms with Crippen molar-refractivity contribution in [3.05, 3.63) is 29.8 Å². The van der Waals surface area contributed by atoms with E-state index in [0.717, 1.165) is 17.9 Å². The van der Waals surface area contributed by atoms with E-state index in [-0.39, 0.29) is 24.8 Å². The second kappa shape index (κ2) is 10.9. The van der Waals surface area contributed by atoms with Gasteiger partial charge in [-0.15, -0.1) is 24.8 Å². The zero-order valence-corrected chi connectivity index (χ0v) is 18.4. The summed E-state index contributed by atoms with van der Waals surface area (Å²) in [6.07, 6.45) is 8.41. The van der Waals surface area contributed by atoms with Gasteiger partial charge in [-0.25, -0.2) is 0 Å². The molecule has 0 radical (unpaired) electrons. The summed E-state index contributed by atoms with van der Waals surface area (Å²) in [7, 11) is 0. The second-order valence-electron chi connectivity index (χ2n) is 8.52. The Morgan fingerprint density at radius 1 is 0.815 bits per heavy atom. The van der Waals surface area contributed by atoms with Gasteiger partial charge in [0.05, 0.1) is 0 Å². The standard InChI is InChI=1S/C22H35N3.2ClH/c1-18-3-2-4-22(17-18)25-15-9-21(10-16-25)24-13-7-20(8-14-24)19-5-11-23-12-6-19;;/h2-4,17,19-21,23H,5-16H2,1H3;2*1H. The molecule has 0 saturated carbocycles. The van der Waals surface area contributed by atoms with Crippen LogP contribution in [0.2, 0.25) is 0 Å². The van der Waals surface area contributed by atoms with E-state index < -0.39 is 0 Å². The molecule has 3 saturated heterocycles. The number of halogens is 2. The van der Waals surface area contributed by atoms with Crippen LogP contribution < -0.4 is 10.2 Å². The van der Waals surface area contributed by atoms with Crippen LogP contribution in [0.5, 0.6) is 0 Å². The second-order valence-corrected chi connectivity index (χ2v) is 8.52. The highest BCUT2D eigenvalue weighted by Gasteiger charge is 2.31. The van der Waals surface area contributed by atoms with Crippen LogP contribution in [0.25, 0.3) is 0 Å². The van der Waals surface area contributed by atoms with E-state index >= 15 is 0 Å². The zero-order valence-electron chi connectivity index (χ0n) is 16.7. The van der Waals surface area contributed by atoms with Crippen molar-refractivity contribution in [2.45, 2.75) is 51.5 Å². The van der Waals surface area contributed by atoms with Crippen molar-refractivity contribution in [3.63, 3.8) is 0 Å². The topological polar surface area (TPSA) is 18.5 Å². The first-order chi connectivity index (χ1) is 12.3. The molecule has 1 N–H and O–H groups in total. The van der Waals surface area contributed by atoms with E-state index in [4.69, 9.17) is 0 Å². The minimum atomic E-state index is 0.